The zero-order chi connectivity index (χ0) is 14.5. The third-order valence-corrected chi connectivity index (χ3v) is 4.18. The molecule has 0 aromatic heterocycles. The molecule has 2 N–H and O–H groups in total. The van der Waals surface area contributed by atoms with Crippen LogP contribution in [-0.4, -0.2) is 43.7 Å². The van der Waals surface area contributed by atoms with Gasteiger partial charge in [-0.25, -0.2) is 0 Å². The number of benzene rings is 1. The van der Waals surface area contributed by atoms with Crippen molar-refractivity contribution in [1.82, 2.24) is 4.90 Å². The first kappa shape index (κ1) is 15.3. The van der Waals surface area contributed by atoms with Gasteiger partial charge in [-0.2, -0.15) is 0 Å². The van der Waals surface area contributed by atoms with Gasteiger partial charge in [0.25, 0.3) is 0 Å². The van der Waals surface area contributed by atoms with E-state index in [1.807, 2.05) is 12.1 Å². The van der Waals surface area contributed by atoms with Crippen LogP contribution in [0.1, 0.15) is 24.3 Å². The van der Waals surface area contributed by atoms with Crippen molar-refractivity contribution in [3.8, 4) is 0 Å². The Labute approximate surface area is 124 Å². The van der Waals surface area contributed by atoms with E-state index in [1.165, 1.54) is 0 Å². The van der Waals surface area contributed by atoms with Crippen molar-refractivity contribution in [2.45, 2.75) is 24.9 Å². The predicted octanol–water partition coefficient (Wildman–Crippen LogP) is 2.02. The summed E-state index contributed by atoms with van der Waals surface area (Å²) < 4.78 is 5.36. The molecule has 0 spiro atoms. The van der Waals surface area contributed by atoms with Crippen molar-refractivity contribution in [2.24, 2.45) is 5.73 Å². The third kappa shape index (κ3) is 3.95. The second-order valence-electron chi connectivity index (χ2n) is 5.24. The first-order valence-electron chi connectivity index (χ1n) is 6.90. The first-order valence-corrected chi connectivity index (χ1v) is 7.28. The molecule has 1 fully saturated rings. The molecule has 0 radical (unpaired) electrons. The highest BCUT2D eigenvalue weighted by atomic mass is 35.5. The maximum Gasteiger partial charge on any atom is 0.226 e. The lowest BCUT2D eigenvalue weighted by molar-refractivity contribution is -0.120. The summed E-state index contributed by atoms with van der Waals surface area (Å²) in [6.45, 7) is 2.54. The quantitative estimate of drug-likeness (QED) is 0.904. The summed E-state index contributed by atoms with van der Waals surface area (Å²) in [7, 11) is 1.75. The Kier molecular flexibility index (Phi) is 5.40. The smallest absolute Gasteiger partial charge is 0.226 e. The standard InChI is InChI=1S/C15H21ClN2O2/c1-20-13-6-8-18(9-7-13)10-14(15(17)19)11-2-4-12(16)5-3-11/h2-5,13-14H,6-10H2,1H3,(H2,17,19)/t14-/m0/s1. The van der Waals surface area contributed by atoms with E-state index in [2.05, 4.69) is 4.90 Å². The molecule has 2 rings (SSSR count). The number of rotatable bonds is 5. The van der Waals surface area contributed by atoms with Crippen LogP contribution in [0.25, 0.3) is 0 Å². The van der Waals surface area contributed by atoms with Crippen molar-refractivity contribution in [1.29, 1.82) is 0 Å². The van der Waals surface area contributed by atoms with Crippen molar-refractivity contribution < 1.29 is 9.53 Å². The average molecular weight is 297 g/mol. The van der Waals surface area contributed by atoms with Gasteiger partial charge in [0.1, 0.15) is 0 Å². The number of hydrogen-bond donors (Lipinski definition) is 1. The van der Waals surface area contributed by atoms with Crippen LogP contribution in [0.5, 0.6) is 0 Å². The Bertz CT molecular complexity index is 442. The van der Waals surface area contributed by atoms with E-state index in [0.29, 0.717) is 17.7 Å². The molecule has 1 amide bonds. The fraction of sp³-hybridized carbons (Fsp3) is 0.533. The SMILES string of the molecule is COC1CCN(C[C@H](C(N)=O)c2ccc(Cl)cc2)CC1. The van der Waals surface area contributed by atoms with Gasteiger partial charge in [0, 0.05) is 31.8 Å². The Balaban J connectivity index is 2.00. The van der Waals surface area contributed by atoms with Gasteiger partial charge >= 0.3 is 0 Å². The van der Waals surface area contributed by atoms with E-state index >= 15 is 0 Å². The largest absolute Gasteiger partial charge is 0.381 e. The van der Waals surface area contributed by atoms with Gasteiger partial charge in [-0.05, 0) is 30.5 Å². The van der Waals surface area contributed by atoms with Gasteiger partial charge in [0.15, 0.2) is 0 Å². The summed E-state index contributed by atoms with van der Waals surface area (Å²) in [6.07, 6.45) is 2.35. The molecule has 1 heterocycles. The third-order valence-electron chi connectivity index (χ3n) is 3.92. The molecule has 1 saturated heterocycles. The van der Waals surface area contributed by atoms with Crippen LogP contribution in [0.3, 0.4) is 0 Å². The molecule has 1 aromatic carbocycles. The van der Waals surface area contributed by atoms with E-state index in [9.17, 15) is 4.79 Å². The van der Waals surface area contributed by atoms with E-state index < -0.39 is 0 Å². The highest BCUT2D eigenvalue weighted by Gasteiger charge is 2.25. The Morgan fingerprint density at radius 3 is 2.50 bits per heavy atom. The second kappa shape index (κ2) is 7.07. The van der Waals surface area contributed by atoms with Crippen molar-refractivity contribution in [2.75, 3.05) is 26.7 Å². The lowest BCUT2D eigenvalue weighted by Gasteiger charge is -2.33. The molecule has 0 saturated carbocycles. The summed E-state index contributed by atoms with van der Waals surface area (Å²) >= 11 is 5.88. The van der Waals surface area contributed by atoms with E-state index in [4.69, 9.17) is 22.1 Å². The van der Waals surface area contributed by atoms with Crippen molar-refractivity contribution in [3.63, 3.8) is 0 Å². The highest BCUT2D eigenvalue weighted by molar-refractivity contribution is 6.30. The first-order chi connectivity index (χ1) is 9.60. The minimum atomic E-state index is -0.291. The normalized spacial score (nSPS) is 18.9. The number of carbonyl (C=O) groups is 1. The van der Waals surface area contributed by atoms with Gasteiger partial charge in [-0.15, -0.1) is 0 Å². The van der Waals surface area contributed by atoms with Gasteiger partial charge < -0.3 is 15.4 Å². The van der Waals surface area contributed by atoms with Gasteiger partial charge in [0.2, 0.25) is 5.91 Å². The Morgan fingerprint density at radius 1 is 1.40 bits per heavy atom. The van der Waals surface area contributed by atoms with Crippen LogP contribution >= 0.6 is 11.6 Å². The minimum Gasteiger partial charge on any atom is -0.381 e. The predicted molar refractivity (Wildman–Crippen MR) is 79.9 cm³/mol. The molecule has 110 valence electrons. The summed E-state index contributed by atoms with van der Waals surface area (Å²) in [5, 5.41) is 0.665. The average Bonchev–Trinajstić information content (AvgIpc) is 2.46. The fourth-order valence-corrected chi connectivity index (χ4v) is 2.77. The lowest BCUT2D eigenvalue weighted by atomic mass is 9.96. The molecule has 0 bridgehead atoms. The minimum absolute atomic E-state index is 0.286. The van der Waals surface area contributed by atoms with Gasteiger partial charge in [0.05, 0.1) is 12.0 Å². The number of primary amides is 1. The number of hydrogen-bond acceptors (Lipinski definition) is 3. The fourth-order valence-electron chi connectivity index (χ4n) is 2.64. The molecule has 0 unspecified atom stereocenters. The Morgan fingerprint density at radius 2 is 2.00 bits per heavy atom. The summed E-state index contributed by atoms with van der Waals surface area (Å²) in [4.78, 5) is 14.0. The van der Waals surface area contributed by atoms with Crippen LogP contribution in [0.2, 0.25) is 5.02 Å². The van der Waals surface area contributed by atoms with Gasteiger partial charge in [-0.3, -0.25) is 4.79 Å². The summed E-state index contributed by atoms with van der Waals surface area (Å²) in [6, 6.07) is 7.34. The van der Waals surface area contributed by atoms with Crippen molar-refractivity contribution >= 4 is 17.5 Å². The molecule has 1 aromatic rings. The maximum absolute atomic E-state index is 11.7. The maximum atomic E-state index is 11.7. The molecule has 20 heavy (non-hydrogen) atoms. The summed E-state index contributed by atoms with van der Waals surface area (Å²) in [5.41, 5.74) is 6.48. The molecule has 5 heteroatoms. The number of ether oxygens (including phenoxy) is 1. The number of carbonyl (C=O) groups excluding carboxylic acids is 1. The van der Waals surface area contributed by atoms with Crippen LogP contribution in [0.4, 0.5) is 0 Å². The molecule has 1 atom stereocenters. The van der Waals surface area contributed by atoms with E-state index in [1.54, 1.807) is 19.2 Å². The summed E-state index contributed by atoms with van der Waals surface area (Å²) in [5.74, 6) is -0.576. The molecular weight excluding hydrogens is 276 g/mol. The monoisotopic (exact) mass is 296 g/mol. The number of piperidine rings is 1. The number of likely N-dealkylation sites (tertiary alicyclic amines) is 1. The molecular formula is C15H21ClN2O2. The van der Waals surface area contributed by atoms with Crippen LogP contribution in [-0.2, 0) is 9.53 Å². The highest BCUT2D eigenvalue weighted by Crippen LogP contribution is 2.22. The van der Waals surface area contributed by atoms with E-state index in [0.717, 1.165) is 31.5 Å². The van der Waals surface area contributed by atoms with Crippen molar-refractivity contribution in [3.05, 3.63) is 34.9 Å². The Hall–Kier alpha value is -1.10. The van der Waals surface area contributed by atoms with E-state index in [-0.39, 0.29) is 11.8 Å². The van der Waals surface area contributed by atoms with Crippen LogP contribution in [0.15, 0.2) is 24.3 Å². The molecule has 0 aliphatic carbocycles. The topological polar surface area (TPSA) is 55.6 Å². The van der Waals surface area contributed by atoms with Crippen LogP contribution < -0.4 is 5.73 Å². The molecule has 1 aliphatic rings. The van der Waals surface area contributed by atoms with Crippen LogP contribution in [0, 0.1) is 0 Å². The molecule has 4 nitrogen and oxygen atoms in total. The number of halogens is 1. The number of methoxy groups -OCH3 is 1. The zero-order valence-corrected chi connectivity index (χ0v) is 12.5. The molecule has 1 aliphatic heterocycles. The zero-order valence-electron chi connectivity index (χ0n) is 11.7. The number of amides is 1. The second-order valence-corrected chi connectivity index (χ2v) is 5.68. The van der Waals surface area contributed by atoms with Gasteiger partial charge in [-0.1, -0.05) is 23.7 Å². The number of nitrogens with two attached hydrogens (primary N) is 1. The number of nitrogens with zero attached hydrogens (tertiary/aromatic N) is 1. The lowest BCUT2D eigenvalue weighted by Crippen LogP contribution is -2.41.